The second-order valence-electron chi connectivity index (χ2n) is 7.90. The molecular formula is C24H22Cl2FN3O2S. The molecule has 2 atom stereocenters. The lowest BCUT2D eigenvalue weighted by atomic mass is 10.1. The van der Waals surface area contributed by atoms with Crippen LogP contribution in [0.3, 0.4) is 0 Å². The number of aromatic nitrogens is 1. The van der Waals surface area contributed by atoms with Crippen molar-refractivity contribution < 1.29 is 14.3 Å². The molecule has 0 spiro atoms. The smallest absolute Gasteiger partial charge is 0.253 e. The average Bonchev–Trinajstić information content (AvgIpc) is 3.24. The Bertz CT molecular complexity index is 1190. The van der Waals surface area contributed by atoms with E-state index in [4.69, 9.17) is 28.9 Å². The van der Waals surface area contributed by atoms with Crippen molar-refractivity contribution in [3.63, 3.8) is 0 Å². The predicted octanol–water partition coefficient (Wildman–Crippen LogP) is 5.84. The van der Waals surface area contributed by atoms with Gasteiger partial charge in [0.15, 0.2) is 0 Å². The first-order valence-corrected chi connectivity index (χ1v) is 12.0. The molecule has 0 radical (unpaired) electrons. The summed E-state index contributed by atoms with van der Waals surface area (Å²) in [5, 5.41) is 9.78. The number of amides is 1. The van der Waals surface area contributed by atoms with Crippen LogP contribution in [0.1, 0.15) is 34.5 Å². The van der Waals surface area contributed by atoms with E-state index in [9.17, 15) is 14.3 Å². The lowest BCUT2D eigenvalue weighted by molar-refractivity contribution is 0.0765. The molecule has 1 aliphatic heterocycles. The minimum atomic E-state index is -0.526. The molecule has 1 unspecified atom stereocenters. The molecule has 3 aromatic rings. The molecule has 0 aliphatic carbocycles. The Labute approximate surface area is 205 Å². The third kappa shape index (κ3) is 5.11. The van der Waals surface area contributed by atoms with Crippen LogP contribution in [0.5, 0.6) is 0 Å². The van der Waals surface area contributed by atoms with Crippen molar-refractivity contribution in [1.82, 2.24) is 9.88 Å². The summed E-state index contributed by atoms with van der Waals surface area (Å²) >= 11 is 13.8. The number of aliphatic hydroxyl groups excluding tert-OH is 1. The molecule has 3 N–H and O–H groups in total. The number of thioether (sulfide) groups is 1. The van der Waals surface area contributed by atoms with E-state index in [1.807, 2.05) is 25.1 Å². The number of rotatable bonds is 5. The van der Waals surface area contributed by atoms with E-state index in [2.05, 4.69) is 4.98 Å². The van der Waals surface area contributed by atoms with Crippen molar-refractivity contribution >= 4 is 46.7 Å². The van der Waals surface area contributed by atoms with Gasteiger partial charge in [-0.1, -0.05) is 35.3 Å². The zero-order valence-corrected chi connectivity index (χ0v) is 20.1. The molecule has 1 aromatic heterocycles. The molecule has 5 nitrogen and oxygen atoms in total. The summed E-state index contributed by atoms with van der Waals surface area (Å²) in [5.41, 5.74) is 8.87. The lowest BCUT2D eigenvalue weighted by Gasteiger charge is -2.17. The van der Waals surface area contributed by atoms with E-state index in [-0.39, 0.29) is 16.2 Å². The normalized spacial score (nSPS) is 16.8. The van der Waals surface area contributed by atoms with Gasteiger partial charge in [-0.25, -0.2) is 9.37 Å². The minimum Gasteiger partial charge on any atom is -0.391 e. The van der Waals surface area contributed by atoms with E-state index in [0.717, 1.165) is 11.1 Å². The number of carbonyl (C=O) groups is 1. The zero-order chi connectivity index (χ0) is 23.7. The summed E-state index contributed by atoms with van der Waals surface area (Å²) in [5.74, 6) is -0.275. The van der Waals surface area contributed by atoms with Crippen LogP contribution in [0.15, 0.2) is 53.6 Å². The number of nitrogen functional groups attached to an aromatic ring is 1. The minimum absolute atomic E-state index is 0.00374. The van der Waals surface area contributed by atoms with Crippen molar-refractivity contribution in [1.29, 1.82) is 0 Å². The van der Waals surface area contributed by atoms with Gasteiger partial charge in [0.2, 0.25) is 0 Å². The van der Waals surface area contributed by atoms with Crippen LogP contribution in [0.25, 0.3) is 11.1 Å². The van der Waals surface area contributed by atoms with Crippen LogP contribution in [0.2, 0.25) is 10.0 Å². The fourth-order valence-corrected chi connectivity index (χ4v) is 5.73. The van der Waals surface area contributed by atoms with Crippen LogP contribution in [0, 0.1) is 5.82 Å². The summed E-state index contributed by atoms with van der Waals surface area (Å²) in [4.78, 5) is 19.3. The van der Waals surface area contributed by atoms with Crippen molar-refractivity contribution in [2.45, 2.75) is 29.6 Å². The summed E-state index contributed by atoms with van der Waals surface area (Å²) < 4.78 is 14.0. The molecule has 1 amide bonds. The van der Waals surface area contributed by atoms with E-state index >= 15 is 0 Å². The fraction of sp³-hybridized carbons (Fsp3) is 0.250. The number of aliphatic hydroxyl groups is 1. The number of nitrogens with two attached hydrogens (primary N) is 1. The van der Waals surface area contributed by atoms with E-state index < -0.39 is 11.9 Å². The molecule has 1 fully saturated rings. The van der Waals surface area contributed by atoms with Crippen LogP contribution in [0.4, 0.5) is 10.2 Å². The number of anilines is 1. The number of hydrogen-bond acceptors (Lipinski definition) is 5. The lowest BCUT2D eigenvalue weighted by Crippen LogP contribution is -2.29. The number of halogens is 3. The van der Waals surface area contributed by atoms with Gasteiger partial charge in [-0.05, 0) is 49.2 Å². The summed E-state index contributed by atoms with van der Waals surface area (Å²) in [7, 11) is 0. The van der Waals surface area contributed by atoms with Gasteiger partial charge in [-0.2, -0.15) is 0 Å². The number of likely N-dealkylation sites (tertiary alicyclic amines) is 1. The van der Waals surface area contributed by atoms with E-state index in [1.165, 1.54) is 23.9 Å². The monoisotopic (exact) mass is 505 g/mol. The number of carbonyl (C=O) groups excluding carboxylic acids is 1. The predicted molar refractivity (Wildman–Crippen MR) is 131 cm³/mol. The van der Waals surface area contributed by atoms with Gasteiger partial charge in [0.05, 0.1) is 16.0 Å². The van der Waals surface area contributed by atoms with E-state index in [0.29, 0.717) is 46.4 Å². The number of pyridine rings is 1. The molecule has 0 saturated carbocycles. The van der Waals surface area contributed by atoms with Gasteiger partial charge in [-0.3, -0.25) is 4.79 Å². The highest BCUT2D eigenvalue weighted by molar-refractivity contribution is 7.99. The highest BCUT2D eigenvalue weighted by Crippen LogP contribution is 2.44. The van der Waals surface area contributed by atoms with Gasteiger partial charge in [0, 0.05) is 46.2 Å². The Morgan fingerprint density at radius 2 is 1.97 bits per heavy atom. The number of β-amino-alcohol motifs (C(OH)–C–C–N with tert-alkyl or cyclic N) is 1. The standard InChI is InChI=1S/C24H22Cl2FN3O2S/c1-13(21-18(25)6-7-19(27)22(21)26)33-20-10-16(11-29-23(20)28)14-2-4-15(5-3-14)24(32)30-9-8-17(31)12-30/h2-7,10-11,13,17,31H,8-9,12H2,1H3,(H2,28,29)/t13?,17-/m0/s1. The Hall–Kier alpha value is -2.32. The summed E-state index contributed by atoms with van der Waals surface area (Å²) in [6, 6.07) is 11.9. The number of hydrogen-bond donors (Lipinski definition) is 2. The third-order valence-electron chi connectivity index (χ3n) is 5.59. The van der Waals surface area contributed by atoms with E-state index in [1.54, 1.807) is 23.2 Å². The van der Waals surface area contributed by atoms with Crippen molar-refractivity contribution in [2.75, 3.05) is 18.8 Å². The van der Waals surface area contributed by atoms with Crippen molar-refractivity contribution in [3.8, 4) is 11.1 Å². The Kier molecular flexibility index (Phi) is 7.14. The maximum Gasteiger partial charge on any atom is 0.253 e. The van der Waals surface area contributed by atoms with Crippen molar-refractivity contribution in [3.05, 3.63) is 75.7 Å². The second-order valence-corrected chi connectivity index (χ2v) is 10.1. The maximum absolute atomic E-state index is 14.0. The molecule has 4 rings (SSSR count). The van der Waals surface area contributed by atoms with Gasteiger partial charge in [0.25, 0.3) is 5.91 Å². The van der Waals surface area contributed by atoms with Gasteiger partial charge >= 0.3 is 0 Å². The van der Waals surface area contributed by atoms with Crippen LogP contribution in [-0.4, -0.2) is 40.1 Å². The fourth-order valence-electron chi connectivity index (χ4n) is 3.79. The summed E-state index contributed by atoms with van der Waals surface area (Å²) in [6.07, 6.45) is 1.82. The number of nitrogens with zero attached hydrogens (tertiary/aromatic N) is 2. The van der Waals surface area contributed by atoms with Gasteiger partial charge in [0.1, 0.15) is 11.6 Å². The first-order chi connectivity index (χ1) is 15.7. The molecule has 9 heteroatoms. The first-order valence-electron chi connectivity index (χ1n) is 10.4. The van der Waals surface area contributed by atoms with Crippen LogP contribution >= 0.6 is 35.0 Å². The topological polar surface area (TPSA) is 79.5 Å². The zero-order valence-electron chi connectivity index (χ0n) is 17.8. The molecule has 2 heterocycles. The highest BCUT2D eigenvalue weighted by Gasteiger charge is 2.25. The molecule has 0 bridgehead atoms. The second kappa shape index (κ2) is 9.89. The summed E-state index contributed by atoms with van der Waals surface area (Å²) in [6.45, 7) is 2.79. The molecule has 1 saturated heterocycles. The maximum atomic E-state index is 14.0. The SMILES string of the molecule is CC(Sc1cc(-c2ccc(C(=O)N3CC[C@H](O)C3)cc2)cnc1N)c1c(Cl)ccc(F)c1Cl. The van der Waals surface area contributed by atoms with Crippen LogP contribution in [-0.2, 0) is 0 Å². The largest absolute Gasteiger partial charge is 0.391 e. The van der Waals surface area contributed by atoms with Crippen LogP contribution < -0.4 is 5.73 Å². The molecule has 33 heavy (non-hydrogen) atoms. The van der Waals surface area contributed by atoms with Gasteiger partial charge < -0.3 is 15.7 Å². The van der Waals surface area contributed by atoms with Gasteiger partial charge in [-0.15, -0.1) is 11.8 Å². The number of benzene rings is 2. The Balaban J connectivity index is 1.55. The Morgan fingerprint density at radius 1 is 1.24 bits per heavy atom. The quantitative estimate of drug-likeness (QED) is 0.336. The molecule has 172 valence electrons. The average molecular weight is 506 g/mol. The third-order valence-corrected chi connectivity index (χ3v) is 7.47. The van der Waals surface area contributed by atoms with Crippen molar-refractivity contribution in [2.24, 2.45) is 0 Å². The molecule has 2 aromatic carbocycles. The Morgan fingerprint density at radius 3 is 2.64 bits per heavy atom. The highest BCUT2D eigenvalue weighted by atomic mass is 35.5. The molecular weight excluding hydrogens is 484 g/mol. The molecule has 1 aliphatic rings. The first kappa shape index (κ1) is 23.8.